The summed E-state index contributed by atoms with van der Waals surface area (Å²) in [7, 11) is 1.63. The fourth-order valence-corrected chi connectivity index (χ4v) is 5.31. The van der Waals surface area contributed by atoms with E-state index in [0.29, 0.717) is 6.42 Å². The summed E-state index contributed by atoms with van der Waals surface area (Å²) in [5, 5.41) is 2.04. The van der Waals surface area contributed by atoms with E-state index in [2.05, 4.69) is 4.99 Å². The molecule has 1 unspecified atom stereocenters. The first-order chi connectivity index (χ1) is 12.9. The van der Waals surface area contributed by atoms with Crippen LogP contribution in [0.3, 0.4) is 0 Å². The predicted molar refractivity (Wildman–Crippen MR) is 111 cm³/mol. The minimum atomic E-state index is -0.710. The van der Waals surface area contributed by atoms with Crippen molar-refractivity contribution in [3.63, 3.8) is 0 Å². The fraction of sp³-hybridized carbons (Fsp3) is 0.250. The first kappa shape index (κ1) is 17.9. The number of aliphatic imine (C=N–C) groups is 1. The van der Waals surface area contributed by atoms with E-state index >= 15 is 0 Å². The Labute approximate surface area is 165 Å². The van der Waals surface area contributed by atoms with Crippen LogP contribution in [0.25, 0.3) is 9.40 Å². The van der Waals surface area contributed by atoms with Crippen molar-refractivity contribution in [3.05, 3.63) is 57.8 Å². The van der Waals surface area contributed by atoms with Gasteiger partial charge in [0.2, 0.25) is 5.91 Å². The molecule has 0 spiro atoms. The average molecular weight is 398 g/mol. The zero-order chi connectivity index (χ0) is 19.2. The van der Waals surface area contributed by atoms with Crippen molar-refractivity contribution in [2.24, 2.45) is 10.7 Å². The highest BCUT2D eigenvalue weighted by Gasteiger charge is 2.36. The highest BCUT2D eigenvalue weighted by Crippen LogP contribution is 2.34. The minimum absolute atomic E-state index is 0.0647. The molecule has 1 aliphatic heterocycles. The molecule has 0 aliphatic carbocycles. The fourth-order valence-electron chi connectivity index (χ4n) is 3.27. The summed E-state index contributed by atoms with van der Waals surface area (Å²) >= 11 is 3.18. The van der Waals surface area contributed by atoms with E-state index in [1.54, 1.807) is 18.4 Å². The van der Waals surface area contributed by atoms with Crippen LogP contribution in [0.4, 0.5) is 0 Å². The number of nitrogens with two attached hydrogens (primary N) is 1. The molecule has 27 heavy (non-hydrogen) atoms. The summed E-state index contributed by atoms with van der Waals surface area (Å²) in [5.41, 5.74) is 7.00. The number of guanidine groups is 1. The molecule has 0 saturated carbocycles. The highest BCUT2D eigenvalue weighted by atomic mass is 32.1. The lowest BCUT2D eigenvalue weighted by atomic mass is 9.86. The van der Waals surface area contributed by atoms with E-state index < -0.39 is 5.54 Å². The Hall–Kier alpha value is -2.51. The molecule has 138 valence electrons. The second-order valence-electron chi connectivity index (χ2n) is 6.93. The number of nitrogens with zero attached hydrogens (tertiary/aromatic N) is 2. The summed E-state index contributed by atoms with van der Waals surface area (Å²) in [5.74, 6) is 0.257. The number of Topliss-reactive ketones (excluding diaryl/α,β-unsaturated/α-hetero) is 1. The predicted octanol–water partition coefficient (Wildman–Crippen LogP) is 3.78. The lowest BCUT2D eigenvalue weighted by molar-refractivity contribution is -0.128. The van der Waals surface area contributed by atoms with Gasteiger partial charge in [-0.3, -0.25) is 14.5 Å². The standard InChI is InChI=1S/C20H19N3O2S2/c1-20(11-18(25)23(2)19(21)22-20)13-5-3-4-12(8-13)9-14(24)16-10-17-15(27-16)6-7-26-17/h3-8,10H,9,11H2,1-2H3,(H2,21,22). The molecule has 7 heteroatoms. The highest BCUT2D eigenvalue weighted by molar-refractivity contribution is 7.27. The van der Waals surface area contributed by atoms with Gasteiger partial charge in [-0.15, -0.1) is 22.7 Å². The van der Waals surface area contributed by atoms with Crippen LogP contribution in [-0.4, -0.2) is 29.6 Å². The van der Waals surface area contributed by atoms with E-state index in [9.17, 15) is 9.59 Å². The van der Waals surface area contributed by atoms with Crippen molar-refractivity contribution in [1.82, 2.24) is 4.90 Å². The molecule has 2 N–H and O–H groups in total. The molecule has 1 atom stereocenters. The van der Waals surface area contributed by atoms with Crippen LogP contribution < -0.4 is 5.73 Å². The zero-order valence-corrected chi connectivity index (χ0v) is 16.7. The van der Waals surface area contributed by atoms with Crippen LogP contribution in [0.1, 0.15) is 34.1 Å². The van der Waals surface area contributed by atoms with Gasteiger partial charge in [0.15, 0.2) is 11.7 Å². The van der Waals surface area contributed by atoms with Crippen LogP contribution in [0, 0.1) is 0 Å². The van der Waals surface area contributed by atoms with Gasteiger partial charge in [-0.2, -0.15) is 0 Å². The van der Waals surface area contributed by atoms with Crippen LogP contribution in [0.5, 0.6) is 0 Å². The quantitative estimate of drug-likeness (QED) is 0.681. The van der Waals surface area contributed by atoms with Gasteiger partial charge in [-0.1, -0.05) is 24.3 Å². The van der Waals surface area contributed by atoms with Crippen LogP contribution in [-0.2, 0) is 16.8 Å². The number of benzene rings is 1. The maximum absolute atomic E-state index is 12.7. The van der Waals surface area contributed by atoms with Crippen molar-refractivity contribution in [2.45, 2.75) is 25.3 Å². The number of amides is 1. The number of fused-ring (bicyclic) bond motifs is 1. The molecule has 0 saturated heterocycles. The van der Waals surface area contributed by atoms with Crippen molar-refractivity contribution < 1.29 is 9.59 Å². The van der Waals surface area contributed by atoms with Crippen molar-refractivity contribution >= 4 is 49.7 Å². The number of carbonyl (C=O) groups excluding carboxylic acids is 2. The van der Waals surface area contributed by atoms with Crippen LogP contribution in [0.15, 0.2) is 46.8 Å². The number of thiophene rings is 2. The van der Waals surface area contributed by atoms with Crippen molar-refractivity contribution in [2.75, 3.05) is 7.05 Å². The third kappa shape index (κ3) is 3.28. The van der Waals surface area contributed by atoms with E-state index in [0.717, 1.165) is 25.4 Å². The van der Waals surface area contributed by atoms with Gasteiger partial charge in [0.1, 0.15) is 0 Å². The second-order valence-corrected chi connectivity index (χ2v) is 8.96. The summed E-state index contributed by atoms with van der Waals surface area (Å²) in [6.45, 7) is 1.90. The third-order valence-electron chi connectivity index (χ3n) is 4.90. The van der Waals surface area contributed by atoms with Gasteiger partial charge in [-0.05, 0) is 35.6 Å². The van der Waals surface area contributed by atoms with Crippen molar-refractivity contribution in [3.8, 4) is 0 Å². The molecule has 1 aliphatic rings. The number of ketones is 1. The van der Waals surface area contributed by atoms with Crippen LogP contribution in [0.2, 0.25) is 0 Å². The Morgan fingerprint density at radius 3 is 2.85 bits per heavy atom. The van der Waals surface area contributed by atoms with Crippen LogP contribution >= 0.6 is 22.7 Å². The molecule has 0 bridgehead atoms. The second kappa shape index (κ2) is 6.58. The maximum atomic E-state index is 12.7. The largest absolute Gasteiger partial charge is 0.369 e. The first-order valence-corrected chi connectivity index (χ1v) is 10.3. The topological polar surface area (TPSA) is 75.8 Å². The lowest BCUT2D eigenvalue weighted by Gasteiger charge is -2.33. The van der Waals surface area contributed by atoms with E-state index in [4.69, 9.17) is 5.73 Å². The van der Waals surface area contributed by atoms with Gasteiger partial charge in [0, 0.05) is 22.9 Å². The molecule has 2 aromatic heterocycles. The molecule has 4 rings (SSSR count). The number of rotatable bonds is 4. The molecule has 3 aromatic rings. The Bertz CT molecular complexity index is 1050. The molecule has 0 radical (unpaired) electrons. The van der Waals surface area contributed by atoms with Crippen molar-refractivity contribution in [1.29, 1.82) is 0 Å². The summed E-state index contributed by atoms with van der Waals surface area (Å²) in [6.07, 6.45) is 0.577. The molecule has 3 heterocycles. The van der Waals surface area contributed by atoms with Gasteiger partial charge in [0.25, 0.3) is 0 Å². The average Bonchev–Trinajstić information content (AvgIpc) is 3.22. The third-order valence-corrected chi connectivity index (χ3v) is 7.04. The van der Waals surface area contributed by atoms with Gasteiger partial charge >= 0.3 is 0 Å². The minimum Gasteiger partial charge on any atom is -0.369 e. The van der Waals surface area contributed by atoms with E-state index in [1.165, 1.54) is 16.2 Å². The zero-order valence-electron chi connectivity index (χ0n) is 15.1. The van der Waals surface area contributed by atoms with E-state index in [1.807, 2.05) is 48.7 Å². The first-order valence-electron chi connectivity index (χ1n) is 8.57. The Morgan fingerprint density at radius 2 is 2.11 bits per heavy atom. The van der Waals surface area contributed by atoms with Gasteiger partial charge in [0.05, 0.1) is 16.8 Å². The normalized spacial score (nSPS) is 20.1. The Balaban J connectivity index is 1.60. The number of carbonyl (C=O) groups is 2. The molecular weight excluding hydrogens is 378 g/mol. The summed E-state index contributed by atoms with van der Waals surface area (Å²) in [4.78, 5) is 31.6. The summed E-state index contributed by atoms with van der Waals surface area (Å²) < 4.78 is 2.30. The molecule has 1 aromatic carbocycles. The van der Waals surface area contributed by atoms with Gasteiger partial charge < -0.3 is 5.73 Å². The summed E-state index contributed by atoms with van der Waals surface area (Å²) in [6, 6.07) is 11.8. The molecule has 1 amide bonds. The number of hydrogen-bond acceptors (Lipinski definition) is 6. The van der Waals surface area contributed by atoms with Gasteiger partial charge in [-0.25, -0.2) is 4.99 Å². The molecule has 0 fully saturated rings. The number of hydrogen-bond donors (Lipinski definition) is 1. The molecular formula is C20H19N3O2S2. The molecule has 5 nitrogen and oxygen atoms in total. The smallest absolute Gasteiger partial charge is 0.231 e. The maximum Gasteiger partial charge on any atom is 0.231 e. The van der Waals surface area contributed by atoms with E-state index in [-0.39, 0.29) is 24.1 Å². The lowest BCUT2D eigenvalue weighted by Crippen LogP contribution is -2.47. The monoisotopic (exact) mass is 397 g/mol. The SMILES string of the molecule is CN1C(=O)CC(C)(c2cccc(CC(=O)c3cc4sccc4s3)c2)N=C1N. The Kier molecular flexibility index (Phi) is 4.36. The Morgan fingerprint density at radius 1 is 1.30 bits per heavy atom.